The number of amides is 4. The summed E-state index contributed by atoms with van der Waals surface area (Å²) in [5.74, 6) is -1.91. The number of nitrogens with two attached hydrogens (primary N) is 1. The molecule has 1 unspecified atom stereocenters. The largest absolute Gasteiger partial charge is 0.330 e. The third-order valence-corrected chi connectivity index (χ3v) is 5.18. The Morgan fingerprint density at radius 1 is 1.07 bits per heavy atom. The third-order valence-electron chi connectivity index (χ3n) is 5.18. The highest BCUT2D eigenvalue weighted by Gasteiger charge is 2.45. The van der Waals surface area contributed by atoms with Gasteiger partial charge in [0.05, 0.1) is 11.1 Å². The first-order chi connectivity index (χ1) is 13.5. The van der Waals surface area contributed by atoms with Gasteiger partial charge in [-0.25, -0.2) is 0 Å². The van der Waals surface area contributed by atoms with E-state index in [1.165, 1.54) is 0 Å². The molecular formula is C20H26N4O4. The molecular weight excluding hydrogens is 360 g/mol. The van der Waals surface area contributed by atoms with Crippen molar-refractivity contribution < 1.29 is 19.2 Å². The molecule has 2 aliphatic rings. The van der Waals surface area contributed by atoms with Crippen LogP contribution >= 0.6 is 0 Å². The number of nitrogens with one attached hydrogen (secondary N) is 2. The number of benzene rings is 1. The molecule has 0 spiro atoms. The molecule has 0 bridgehead atoms. The predicted octanol–water partition coefficient (Wildman–Crippen LogP) is 0.696. The Kier molecular flexibility index (Phi) is 6.53. The molecule has 3 rings (SSSR count). The summed E-state index contributed by atoms with van der Waals surface area (Å²) >= 11 is 0. The molecule has 1 saturated heterocycles. The molecule has 1 aromatic carbocycles. The van der Waals surface area contributed by atoms with Crippen molar-refractivity contribution in [3.05, 3.63) is 34.9 Å². The van der Waals surface area contributed by atoms with Crippen molar-refractivity contribution >= 4 is 23.6 Å². The molecule has 4 N–H and O–H groups in total. The van der Waals surface area contributed by atoms with Crippen LogP contribution in [0.25, 0.3) is 0 Å². The standard InChI is InChI=1S/C20H26N4O4/c21-10-3-1-2-4-11-22-12-13-6-5-7-14-17(13)20(28)24(19(14)27)15-8-9-16(25)23-18(15)26/h5-7,15,22H,1-4,8-12,21H2,(H,23,25,26). The van der Waals surface area contributed by atoms with Crippen LogP contribution in [0, 0.1) is 0 Å². The number of fused-ring (bicyclic) bond motifs is 1. The SMILES string of the molecule is NCCCCCCNCc1cccc2c1C(=O)N(C1CCC(=O)NC1=O)C2=O. The number of rotatable bonds is 9. The number of carbonyl (C=O) groups excluding carboxylic acids is 4. The van der Waals surface area contributed by atoms with Crippen LogP contribution in [-0.2, 0) is 16.1 Å². The second kappa shape index (κ2) is 9.07. The lowest BCUT2D eigenvalue weighted by molar-refractivity contribution is -0.136. The van der Waals surface area contributed by atoms with E-state index >= 15 is 0 Å². The van der Waals surface area contributed by atoms with Crippen LogP contribution in [-0.4, -0.2) is 47.7 Å². The molecule has 2 heterocycles. The van der Waals surface area contributed by atoms with Crippen LogP contribution in [0.5, 0.6) is 0 Å². The number of hydrogen-bond acceptors (Lipinski definition) is 6. The van der Waals surface area contributed by atoms with Crippen LogP contribution in [0.15, 0.2) is 18.2 Å². The topological polar surface area (TPSA) is 122 Å². The molecule has 0 radical (unpaired) electrons. The van der Waals surface area contributed by atoms with E-state index in [-0.39, 0.29) is 18.7 Å². The Bertz CT molecular complexity index is 792. The Labute approximate surface area is 163 Å². The molecule has 4 amide bonds. The van der Waals surface area contributed by atoms with Gasteiger partial charge < -0.3 is 11.1 Å². The Hall–Kier alpha value is -2.58. The first-order valence-electron chi connectivity index (χ1n) is 9.79. The average molecular weight is 386 g/mol. The van der Waals surface area contributed by atoms with Crippen molar-refractivity contribution in [2.45, 2.75) is 51.1 Å². The number of unbranched alkanes of at least 4 members (excludes halogenated alkanes) is 3. The highest BCUT2D eigenvalue weighted by Crippen LogP contribution is 2.29. The summed E-state index contributed by atoms with van der Waals surface area (Å²) in [5.41, 5.74) is 6.90. The highest BCUT2D eigenvalue weighted by molar-refractivity contribution is 6.24. The molecule has 0 aromatic heterocycles. The van der Waals surface area contributed by atoms with E-state index in [0.717, 1.165) is 42.7 Å². The fourth-order valence-corrected chi connectivity index (χ4v) is 3.70. The molecule has 28 heavy (non-hydrogen) atoms. The molecule has 8 nitrogen and oxygen atoms in total. The van der Waals surface area contributed by atoms with Gasteiger partial charge in [0.2, 0.25) is 11.8 Å². The van der Waals surface area contributed by atoms with E-state index in [0.29, 0.717) is 24.2 Å². The maximum absolute atomic E-state index is 13.0. The summed E-state index contributed by atoms with van der Waals surface area (Å²) in [6.45, 7) is 2.00. The lowest BCUT2D eigenvalue weighted by atomic mass is 10.0. The third kappa shape index (κ3) is 4.13. The molecule has 2 aliphatic heterocycles. The average Bonchev–Trinajstić information content (AvgIpc) is 2.93. The summed E-state index contributed by atoms with van der Waals surface area (Å²) in [7, 11) is 0. The molecule has 8 heteroatoms. The zero-order chi connectivity index (χ0) is 20.1. The first-order valence-corrected chi connectivity index (χ1v) is 9.79. The fourth-order valence-electron chi connectivity index (χ4n) is 3.70. The van der Waals surface area contributed by atoms with E-state index in [2.05, 4.69) is 10.6 Å². The van der Waals surface area contributed by atoms with Crippen LogP contribution < -0.4 is 16.4 Å². The molecule has 0 aliphatic carbocycles. The molecule has 1 atom stereocenters. The molecule has 0 saturated carbocycles. The zero-order valence-corrected chi connectivity index (χ0v) is 15.8. The van der Waals surface area contributed by atoms with E-state index in [4.69, 9.17) is 5.73 Å². The van der Waals surface area contributed by atoms with Gasteiger partial charge in [-0.05, 0) is 44.0 Å². The van der Waals surface area contributed by atoms with Crippen molar-refractivity contribution in [3.63, 3.8) is 0 Å². The summed E-state index contributed by atoms with van der Waals surface area (Å²) in [5, 5.41) is 5.52. The highest BCUT2D eigenvalue weighted by atomic mass is 16.2. The summed E-state index contributed by atoms with van der Waals surface area (Å²) in [6.07, 6.45) is 4.52. The van der Waals surface area contributed by atoms with E-state index in [1.54, 1.807) is 12.1 Å². The maximum atomic E-state index is 13.0. The van der Waals surface area contributed by atoms with Gasteiger partial charge in [-0.1, -0.05) is 25.0 Å². The predicted molar refractivity (Wildman–Crippen MR) is 102 cm³/mol. The van der Waals surface area contributed by atoms with Crippen molar-refractivity contribution in [2.24, 2.45) is 5.73 Å². The lowest BCUT2D eigenvalue weighted by Crippen LogP contribution is -2.54. The van der Waals surface area contributed by atoms with Gasteiger partial charge in [-0.15, -0.1) is 0 Å². The summed E-state index contributed by atoms with van der Waals surface area (Å²) < 4.78 is 0. The minimum absolute atomic E-state index is 0.113. The summed E-state index contributed by atoms with van der Waals surface area (Å²) in [6, 6.07) is 4.24. The first kappa shape index (κ1) is 20.2. The van der Waals surface area contributed by atoms with Crippen LogP contribution in [0.2, 0.25) is 0 Å². The van der Waals surface area contributed by atoms with Gasteiger partial charge in [0.1, 0.15) is 6.04 Å². The normalized spacial score (nSPS) is 19.2. The van der Waals surface area contributed by atoms with Crippen molar-refractivity contribution in [1.82, 2.24) is 15.5 Å². The number of piperidine rings is 1. The fraction of sp³-hybridized carbons (Fsp3) is 0.500. The Morgan fingerprint density at radius 2 is 1.86 bits per heavy atom. The van der Waals surface area contributed by atoms with Crippen LogP contribution in [0.1, 0.15) is 64.8 Å². The van der Waals surface area contributed by atoms with Crippen LogP contribution in [0.4, 0.5) is 0 Å². The second-order valence-electron chi connectivity index (χ2n) is 7.17. The number of imide groups is 2. The summed E-state index contributed by atoms with van der Waals surface area (Å²) in [4.78, 5) is 50.2. The second-order valence-corrected chi connectivity index (χ2v) is 7.17. The van der Waals surface area contributed by atoms with Gasteiger partial charge in [0, 0.05) is 13.0 Å². The van der Waals surface area contributed by atoms with Gasteiger partial charge in [0.25, 0.3) is 11.8 Å². The van der Waals surface area contributed by atoms with Gasteiger partial charge in [-0.2, -0.15) is 0 Å². The molecule has 1 aromatic rings. The molecule has 150 valence electrons. The van der Waals surface area contributed by atoms with Gasteiger partial charge >= 0.3 is 0 Å². The quantitative estimate of drug-likeness (QED) is 0.424. The van der Waals surface area contributed by atoms with E-state index < -0.39 is 23.8 Å². The minimum Gasteiger partial charge on any atom is -0.330 e. The van der Waals surface area contributed by atoms with Crippen molar-refractivity contribution in [1.29, 1.82) is 0 Å². The lowest BCUT2D eigenvalue weighted by Gasteiger charge is -2.27. The number of hydrogen-bond donors (Lipinski definition) is 3. The van der Waals surface area contributed by atoms with Crippen LogP contribution in [0.3, 0.4) is 0 Å². The van der Waals surface area contributed by atoms with Crippen molar-refractivity contribution in [2.75, 3.05) is 13.1 Å². The Morgan fingerprint density at radius 3 is 2.61 bits per heavy atom. The minimum atomic E-state index is -0.937. The monoisotopic (exact) mass is 386 g/mol. The van der Waals surface area contributed by atoms with E-state index in [1.807, 2.05) is 6.07 Å². The van der Waals surface area contributed by atoms with Gasteiger partial charge in [-0.3, -0.25) is 29.4 Å². The Balaban J connectivity index is 1.66. The van der Waals surface area contributed by atoms with E-state index in [9.17, 15) is 19.2 Å². The number of carbonyl (C=O) groups is 4. The van der Waals surface area contributed by atoms with Gasteiger partial charge in [0.15, 0.2) is 0 Å². The smallest absolute Gasteiger partial charge is 0.262 e. The molecule has 1 fully saturated rings. The number of nitrogens with zero attached hydrogens (tertiary/aromatic N) is 1. The van der Waals surface area contributed by atoms with Crippen molar-refractivity contribution in [3.8, 4) is 0 Å². The zero-order valence-electron chi connectivity index (χ0n) is 15.8. The maximum Gasteiger partial charge on any atom is 0.262 e.